The SMILES string of the molecule is COc1ccc(C(=O)N[C@@H](C(=O)N[C@H](C)C(C)C)C2CCN(C(=O)c3cccc(OC)c3)CC2)cc1. The molecule has 1 aliphatic heterocycles. The molecule has 1 heterocycles. The molecule has 0 bridgehead atoms. The van der Waals surface area contributed by atoms with Crippen molar-refractivity contribution in [3.8, 4) is 11.5 Å². The van der Waals surface area contributed by atoms with Gasteiger partial charge in [-0.2, -0.15) is 0 Å². The van der Waals surface area contributed by atoms with Crippen LogP contribution in [0.4, 0.5) is 0 Å². The average Bonchev–Trinajstić information content (AvgIpc) is 2.91. The second-order valence-corrected chi connectivity index (χ2v) is 9.58. The molecule has 1 saturated heterocycles. The fourth-order valence-electron chi connectivity index (χ4n) is 4.22. The zero-order valence-electron chi connectivity index (χ0n) is 21.7. The van der Waals surface area contributed by atoms with Gasteiger partial charge in [0.15, 0.2) is 0 Å². The Balaban J connectivity index is 1.71. The largest absolute Gasteiger partial charge is 0.497 e. The highest BCUT2D eigenvalue weighted by Crippen LogP contribution is 2.24. The molecular formula is C28H37N3O5. The number of piperidine rings is 1. The molecule has 0 radical (unpaired) electrons. The van der Waals surface area contributed by atoms with Crippen molar-refractivity contribution in [3.63, 3.8) is 0 Å². The third-order valence-electron chi connectivity index (χ3n) is 6.91. The van der Waals surface area contributed by atoms with E-state index in [9.17, 15) is 14.4 Å². The summed E-state index contributed by atoms with van der Waals surface area (Å²) >= 11 is 0. The first-order chi connectivity index (χ1) is 17.2. The molecule has 2 atom stereocenters. The first-order valence-electron chi connectivity index (χ1n) is 12.4. The number of ether oxygens (including phenoxy) is 2. The topological polar surface area (TPSA) is 97.0 Å². The van der Waals surface area contributed by atoms with Gasteiger partial charge in [0.2, 0.25) is 5.91 Å². The summed E-state index contributed by atoms with van der Waals surface area (Å²) in [5.41, 5.74) is 1.02. The summed E-state index contributed by atoms with van der Waals surface area (Å²) in [7, 11) is 3.14. The van der Waals surface area contributed by atoms with E-state index in [4.69, 9.17) is 9.47 Å². The van der Waals surface area contributed by atoms with E-state index in [0.29, 0.717) is 48.6 Å². The molecule has 0 aromatic heterocycles. The lowest BCUT2D eigenvalue weighted by atomic mass is 9.87. The number of carbonyl (C=O) groups is 3. The van der Waals surface area contributed by atoms with Crippen molar-refractivity contribution in [2.45, 2.75) is 45.7 Å². The van der Waals surface area contributed by atoms with Gasteiger partial charge < -0.3 is 25.0 Å². The highest BCUT2D eigenvalue weighted by Gasteiger charge is 2.35. The maximum atomic E-state index is 13.3. The fraction of sp³-hybridized carbons (Fsp3) is 0.464. The third-order valence-corrected chi connectivity index (χ3v) is 6.91. The molecular weight excluding hydrogens is 458 g/mol. The predicted molar refractivity (Wildman–Crippen MR) is 138 cm³/mol. The molecule has 36 heavy (non-hydrogen) atoms. The Morgan fingerprint density at radius 2 is 1.50 bits per heavy atom. The Kier molecular flexibility index (Phi) is 9.33. The van der Waals surface area contributed by atoms with Crippen molar-refractivity contribution in [3.05, 3.63) is 59.7 Å². The Labute approximate surface area is 213 Å². The number of benzene rings is 2. The number of rotatable bonds is 9. The number of amides is 3. The zero-order valence-corrected chi connectivity index (χ0v) is 21.7. The maximum Gasteiger partial charge on any atom is 0.253 e. The number of hydrogen-bond acceptors (Lipinski definition) is 5. The van der Waals surface area contributed by atoms with Gasteiger partial charge >= 0.3 is 0 Å². The van der Waals surface area contributed by atoms with Crippen LogP contribution in [0.25, 0.3) is 0 Å². The molecule has 0 aliphatic carbocycles. The van der Waals surface area contributed by atoms with E-state index in [1.54, 1.807) is 67.7 Å². The minimum atomic E-state index is -0.699. The molecule has 0 unspecified atom stereocenters. The summed E-state index contributed by atoms with van der Waals surface area (Å²) in [6.45, 7) is 7.04. The molecule has 2 N–H and O–H groups in total. The molecule has 1 aliphatic rings. The van der Waals surface area contributed by atoms with Crippen LogP contribution in [-0.2, 0) is 4.79 Å². The van der Waals surface area contributed by atoms with Gasteiger partial charge in [0.1, 0.15) is 17.5 Å². The second kappa shape index (κ2) is 12.4. The number of nitrogens with zero attached hydrogens (tertiary/aromatic N) is 1. The van der Waals surface area contributed by atoms with Crippen molar-refractivity contribution in [2.24, 2.45) is 11.8 Å². The molecule has 1 fully saturated rings. The number of nitrogens with one attached hydrogen (secondary N) is 2. The van der Waals surface area contributed by atoms with E-state index in [1.807, 2.05) is 20.8 Å². The van der Waals surface area contributed by atoms with Crippen LogP contribution >= 0.6 is 0 Å². The number of methoxy groups -OCH3 is 2. The van der Waals surface area contributed by atoms with Crippen LogP contribution in [0.1, 0.15) is 54.3 Å². The lowest BCUT2D eigenvalue weighted by Crippen LogP contribution is -2.55. The van der Waals surface area contributed by atoms with E-state index < -0.39 is 6.04 Å². The van der Waals surface area contributed by atoms with E-state index in [1.165, 1.54) is 0 Å². The van der Waals surface area contributed by atoms with Gasteiger partial charge in [-0.15, -0.1) is 0 Å². The average molecular weight is 496 g/mol. The Morgan fingerprint density at radius 1 is 0.861 bits per heavy atom. The predicted octanol–water partition coefficient (Wildman–Crippen LogP) is 3.52. The Hall–Kier alpha value is -3.55. The van der Waals surface area contributed by atoms with Crippen molar-refractivity contribution in [1.29, 1.82) is 0 Å². The Morgan fingerprint density at radius 3 is 2.08 bits per heavy atom. The third kappa shape index (κ3) is 6.77. The summed E-state index contributed by atoms with van der Waals surface area (Å²) < 4.78 is 10.4. The minimum absolute atomic E-state index is 0.0346. The maximum absolute atomic E-state index is 13.3. The van der Waals surface area contributed by atoms with Gasteiger partial charge in [0, 0.05) is 30.3 Å². The van der Waals surface area contributed by atoms with Gasteiger partial charge in [-0.1, -0.05) is 19.9 Å². The molecule has 0 saturated carbocycles. The van der Waals surface area contributed by atoms with Crippen LogP contribution in [0.2, 0.25) is 0 Å². The van der Waals surface area contributed by atoms with Crippen LogP contribution in [0.3, 0.4) is 0 Å². The summed E-state index contributed by atoms with van der Waals surface area (Å²) in [4.78, 5) is 41.1. The molecule has 8 nitrogen and oxygen atoms in total. The van der Waals surface area contributed by atoms with Crippen LogP contribution < -0.4 is 20.1 Å². The number of likely N-dealkylation sites (tertiary alicyclic amines) is 1. The molecule has 3 rings (SSSR count). The van der Waals surface area contributed by atoms with E-state index in [2.05, 4.69) is 10.6 Å². The quantitative estimate of drug-likeness (QED) is 0.555. The molecule has 8 heteroatoms. The van der Waals surface area contributed by atoms with E-state index >= 15 is 0 Å². The Bertz CT molecular complexity index is 1050. The first-order valence-corrected chi connectivity index (χ1v) is 12.4. The first kappa shape index (κ1) is 27.0. The van der Waals surface area contributed by atoms with Crippen LogP contribution in [0.15, 0.2) is 48.5 Å². The second-order valence-electron chi connectivity index (χ2n) is 9.58. The van der Waals surface area contributed by atoms with Crippen molar-refractivity contribution in [1.82, 2.24) is 15.5 Å². The van der Waals surface area contributed by atoms with E-state index in [0.717, 1.165) is 0 Å². The lowest BCUT2D eigenvalue weighted by Gasteiger charge is -2.36. The summed E-state index contributed by atoms with van der Waals surface area (Å²) in [6.07, 6.45) is 1.21. The van der Waals surface area contributed by atoms with Crippen molar-refractivity contribution in [2.75, 3.05) is 27.3 Å². The highest BCUT2D eigenvalue weighted by molar-refractivity contribution is 5.98. The molecule has 2 aromatic carbocycles. The fourth-order valence-corrected chi connectivity index (χ4v) is 4.22. The smallest absolute Gasteiger partial charge is 0.253 e. The van der Waals surface area contributed by atoms with Gasteiger partial charge in [0.05, 0.1) is 14.2 Å². The number of carbonyl (C=O) groups excluding carboxylic acids is 3. The summed E-state index contributed by atoms with van der Waals surface area (Å²) in [6, 6.07) is 13.1. The van der Waals surface area contributed by atoms with Crippen LogP contribution in [-0.4, -0.2) is 62.0 Å². The van der Waals surface area contributed by atoms with Gasteiger partial charge in [-0.3, -0.25) is 14.4 Å². The van der Waals surface area contributed by atoms with Crippen molar-refractivity contribution < 1.29 is 23.9 Å². The highest BCUT2D eigenvalue weighted by atomic mass is 16.5. The monoisotopic (exact) mass is 495 g/mol. The zero-order chi connectivity index (χ0) is 26.2. The standard InChI is InChI=1S/C28H37N3O5/c1-18(2)19(3)29-27(33)25(30-26(32)21-9-11-23(35-4)12-10-21)20-13-15-31(16-14-20)28(34)22-7-6-8-24(17-22)36-5/h6-12,17-20,25H,13-16H2,1-5H3,(H,29,33)(H,30,32)/t19-,25-/m1/s1. The summed E-state index contributed by atoms with van der Waals surface area (Å²) in [5.74, 6) is 0.868. The minimum Gasteiger partial charge on any atom is -0.497 e. The number of hydrogen-bond donors (Lipinski definition) is 2. The molecule has 194 valence electrons. The van der Waals surface area contributed by atoms with Crippen LogP contribution in [0.5, 0.6) is 11.5 Å². The molecule has 2 aromatic rings. The molecule has 0 spiro atoms. The van der Waals surface area contributed by atoms with Crippen LogP contribution in [0, 0.1) is 11.8 Å². The van der Waals surface area contributed by atoms with Crippen molar-refractivity contribution >= 4 is 17.7 Å². The van der Waals surface area contributed by atoms with Gasteiger partial charge in [0.25, 0.3) is 11.8 Å². The van der Waals surface area contributed by atoms with Gasteiger partial charge in [-0.25, -0.2) is 0 Å². The van der Waals surface area contributed by atoms with Gasteiger partial charge in [-0.05, 0) is 74.1 Å². The summed E-state index contributed by atoms with van der Waals surface area (Å²) in [5, 5.41) is 6.02. The molecule has 3 amide bonds. The van der Waals surface area contributed by atoms with E-state index in [-0.39, 0.29) is 35.6 Å². The lowest BCUT2D eigenvalue weighted by molar-refractivity contribution is -0.125. The normalized spacial score (nSPS) is 15.7.